The summed E-state index contributed by atoms with van der Waals surface area (Å²) in [7, 11) is 0. The molecule has 0 radical (unpaired) electrons. The Kier molecular flexibility index (Phi) is 4.52. The van der Waals surface area contributed by atoms with E-state index in [4.69, 9.17) is 9.15 Å². The minimum atomic E-state index is -0.845. The summed E-state index contributed by atoms with van der Waals surface area (Å²) in [6.45, 7) is 0.917. The van der Waals surface area contributed by atoms with E-state index in [1.807, 2.05) is 0 Å². The van der Waals surface area contributed by atoms with Crippen molar-refractivity contribution < 1.29 is 18.3 Å². The molecule has 1 amide bonds. The van der Waals surface area contributed by atoms with E-state index in [1.165, 1.54) is 11.0 Å². The lowest BCUT2D eigenvalue weighted by atomic mass is 9.98. The van der Waals surface area contributed by atoms with E-state index >= 15 is 0 Å². The molecule has 1 fully saturated rings. The Morgan fingerprint density at radius 3 is 2.76 bits per heavy atom. The number of carbonyl (C=O) groups is 1. The fourth-order valence-corrected chi connectivity index (χ4v) is 4.57. The minimum Gasteiger partial charge on any atom is -0.450 e. The van der Waals surface area contributed by atoms with E-state index in [-0.39, 0.29) is 35.0 Å². The second kappa shape index (κ2) is 7.07. The Hall–Kier alpha value is -2.51. The number of rotatable bonds is 3. The van der Waals surface area contributed by atoms with Gasteiger partial charge in [-0.2, -0.15) is 0 Å². The molecule has 0 aliphatic carbocycles. The first-order valence-electron chi connectivity index (χ1n) is 9.48. The van der Waals surface area contributed by atoms with E-state index in [9.17, 15) is 14.0 Å². The lowest BCUT2D eigenvalue weighted by Crippen LogP contribution is -2.36. The van der Waals surface area contributed by atoms with Crippen LogP contribution in [0.3, 0.4) is 0 Å². The third-order valence-electron chi connectivity index (χ3n) is 5.55. The van der Waals surface area contributed by atoms with Crippen LogP contribution in [0.25, 0.3) is 11.0 Å². The molecule has 7 heteroatoms. The van der Waals surface area contributed by atoms with Crippen LogP contribution in [0.4, 0.5) is 4.39 Å². The van der Waals surface area contributed by atoms with Crippen LogP contribution in [0.2, 0.25) is 0 Å². The molecule has 2 aromatic carbocycles. The summed E-state index contributed by atoms with van der Waals surface area (Å²) >= 11 is 3.37. The summed E-state index contributed by atoms with van der Waals surface area (Å²) in [4.78, 5) is 28.1. The van der Waals surface area contributed by atoms with Crippen LogP contribution in [0.1, 0.15) is 40.6 Å². The number of ether oxygens (including phenoxy) is 1. The molecular formula is C22H17BrFNO4. The Morgan fingerprint density at radius 1 is 1.17 bits per heavy atom. The lowest BCUT2D eigenvalue weighted by Gasteiger charge is -2.27. The van der Waals surface area contributed by atoms with Gasteiger partial charge in [0.2, 0.25) is 5.76 Å². The van der Waals surface area contributed by atoms with Gasteiger partial charge < -0.3 is 14.1 Å². The van der Waals surface area contributed by atoms with Gasteiger partial charge in [-0.1, -0.05) is 34.1 Å². The van der Waals surface area contributed by atoms with Crippen molar-refractivity contribution in [2.75, 3.05) is 13.2 Å². The molecule has 5 rings (SSSR count). The van der Waals surface area contributed by atoms with Gasteiger partial charge >= 0.3 is 0 Å². The Bertz CT molecular complexity index is 1190. The maximum atomic E-state index is 14.7. The molecule has 0 unspecified atom stereocenters. The molecule has 29 heavy (non-hydrogen) atoms. The predicted molar refractivity (Wildman–Crippen MR) is 108 cm³/mol. The Balaban J connectivity index is 1.74. The predicted octanol–water partition coefficient (Wildman–Crippen LogP) is 4.42. The van der Waals surface area contributed by atoms with Crippen LogP contribution in [-0.4, -0.2) is 30.1 Å². The van der Waals surface area contributed by atoms with Crippen molar-refractivity contribution in [2.45, 2.75) is 25.0 Å². The van der Waals surface area contributed by atoms with Crippen LogP contribution in [0, 0.1) is 5.82 Å². The van der Waals surface area contributed by atoms with Crippen molar-refractivity contribution in [3.63, 3.8) is 0 Å². The minimum absolute atomic E-state index is 0.0175. The lowest BCUT2D eigenvalue weighted by molar-refractivity contribution is 0.0483. The van der Waals surface area contributed by atoms with Gasteiger partial charge in [0.25, 0.3) is 5.91 Å². The number of amides is 1. The number of nitrogens with zero attached hydrogens (tertiary/aromatic N) is 1. The molecule has 5 nitrogen and oxygen atoms in total. The van der Waals surface area contributed by atoms with E-state index in [1.54, 1.807) is 36.4 Å². The molecule has 3 heterocycles. The van der Waals surface area contributed by atoms with Crippen molar-refractivity contribution in [2.24, 2.45) is 0 Å². The summed E-state index contributed by atoms with van der Waals surface area (Å²) in [6, 6.07) is 10.4. The molecule has 0 bridgehead atoms. The first-order valence-corrected chi connectivity index (χ1v) is 10.3. The molecule has 0 N–H and O–H groups in total. The van der Waals surface area contributed by atoms with Gasteiger partial charge in [0.15, 0.2) is 5.43 Å². The standard InChI is InChI=1S/C22H17BrFNO4/c23-12-7-8-17-15(10-12)20(26)18-19(14-5-1-2-6-16(14)24)25(22(27)21(18)29-17)11-13-4-3-9-28-13/h1-2,5-8,10,13,19H,3-4,9,11H2/t13-,19-/m1/s1. The number of hydrogen-bond donors (Lipinski definition) is 0. The van der Waals surface area contributed by atoms with Crippen LogP contribution < -0.4 is 5.43 Å². The SMILES string of the molecule is O=C1c2oc3ccc(Br)cc3c(=O)c2[C@@H](c2ccccc2F)N1C[C@H]1CCCO1. The summed E-state index contributed by atoms with van der Waals surface area (Å²) in [5.74, 6) is -0.897. The van der Waals surface area contributed by atoms with Gasteiger partial charge in [0.1, 0.15) is 11.4 Å². The van der Waals surface area contributed by atoms with Gasteiger partial charge in [-0.05, 0) is 37.1 Å². The van der Waals surface area contributed by atoms with Crippen molar-refractivity contribution >= 4 is 32.8 Å². The molecule has 1 saturated heterocycles. The quantitative estimate of drug-likeness (QED) is 0.583. The third-order valence-corrected chi connectivity index (χ3v) is 6.05. The number of fused-ring (bicyclic) bond motifs is 2. The van der Waals surface area contributed by atoms with Crippen LogP contribution >= 0.6 is 15.9 Å². The van der Waals surface area contributed by atoms with Crippen molar-refractivity contribution in [1.82, 2.24) is 4.90 Å². The van der Waals surface area contributed by atoms with E-state index in [0.717, 1.165) is 17.3 Å². The number of halogens is 2. The molecule has 148 valence electrons. The highest BCUT2D eigenvalue weighted by Crippen LogP contribution is 2.39. The molecule has 0 spiro atoms. The molecule has 3 aromatic rings. The first-order chi connectivity index (χ1) is 14.0. The fourth-order valence-electron chi connectivity index (χ4n) is 4.21. The third kappa shape index (κ3) is 3.00. The maximum Gasteiger partial charge on any atom is 0.291 e. The molecule has 0 saturated carbocycles. The summed E-state index contributed by atoms with van der Waals surface area (Å²) in [5.41, 5.74) is 0.471. The van der Waals surface area contributed by atoms with Crippen molar-refractivity contribution in [3.8, 4) is 0 Å². The van der Waals surface area contributed by atoms with Crippen molar-refractivity contribution in [3.05, 3.63) is 79.9 Å². The highest BCUT2D eigenvalue weighted by molar-refractivity contribution is 9.10. The fraction of sp³-hybridized carbons (Fsp3) is 0.273. The zero-order valence-electron chi connectivity index (χ0n) is 15.4. The van der Waals surface area contributed by atoms with Gasteiger partial charge in [-0.3, -0.25) is 9.59 Å². The second-order valence-electron chi connectivity index (χ2n) is 7.33. The normalized spacial score (nSPS) is 21.2. The van der Waals surface area contributed by atoms with E-state index in [0.29, 0.717) is 17.6 Å². The Labute approximate surface area is 174 Å². The smallest absolute Gasteiger partial charge is 0.291 e. The summed E-state index contributed by atoms with van der Waals surface area (Å²) < 4.78 is 27.0. The van der Waals surface area contributed by atoms with Crippen LogP contribution in [-0.2, 0) is 4.74 Å². The average molecular weight is 458 g/mol. The van der Waals surface area contributed by atoms with E-state index < -0.39 is 17.8 Å². The molecule has 2 atom stereocenters. The molecule has 1 aromatic heterocycles. The number of benzene rings is 2. The molecule has 2 aliphatic rings. The summed E-state index contributed by atoms with van der Waals surface area (Å²) in [6.07, 6.45) is 1.60. The average Bonchev–Trinajstić information content (AvgIpc) is 3.31. The second-order valence-corrected chi connectivity index (χ2v) is 8.25. The van der Waals surface area contributed by atoms with Gasteiger partial charge in [0, 0.05) is 23.2 Å². The number of carbonyl (C=O) groups excluding carboxylic acids is 1. The largest absolute Gasteiger partial charge is 0.450 e. The Morgan fingerprint density at radius 2 is 2.00 bits per heavy atom. The van der Waals surface area contributed by atoms with Crippen LogP contribution in [0.5, 0.6) is 0 Å². The number of hydrogen-bond acceptors (Lipinski definition) is 4. The molecule has 2 aliphatic heterocycles. The zero-order valence-corrected chi connectivity index (χ0v) is 16.9. The highest BCUT2D eigenvalue weighted by atomic mass is 79.9. The first kappa shape index (κ1) is 18.5. The van der Waals surface area contributed by atoms with Gasteiger partial charge in [-0.15, -0.1) is 0 Å². The zero-order chi connectivity index (χ0) is 20.1. The highest BCUT2D eigenvalue weighted by Gasteiger charge is 2.44. The van der Waals surface area contributed by atoms with Gasteiger partial charge in [0.05, 0.1) is 23.1 Å². The van der Waals surface area contributed by atoms with Gasteiger partial charge in [-0.25, -0.2) is 4.39 Å². The molecular weight excluding hydrogens is 441 g/mol. The monoisotopic (exact) mass is 457 g/mol. The maximum absolute atomic E-state index is 14.7. The topological polar surface area (TPSA) is 59.8 Å². The van der Waals surface area contributed by atoms with Crippen LogP contribution in [0.15, 0.2) is 56.1 Å². The summed E-state index contributed by atoms with van der Waals surface area (Å²) in [5, 5.41) is 0.353. The van der Waals surface area contributed by atoms with E-state index in [2.05, 4.69) is 15.9 Å². The van der Waals surface area contributed by atoms with Crippen molar-refractivity contribution in [1.29, 1.82) is 0 Å².